The quantitative estimate of drug-likeness (QED) is 0.174. The Hall–Kier alpha value is -4.21. The molecule has 0 aliphatic heterocycles. The van der Waals surface area contributed by atoms with Crippen molar-refractivity contribution in [1.82, 2.24) is 10.2 Å². The third kappa shape index (κ3) is 8.58. The molecule has 1 atom stereocenters. The molecular formula is C37H39ClFN3O4S. The zero-order valence-electron chi connectivity index (χ0n) is 26.3. The maximum Gasteiger partial charge on any atom is 0.264 e. The van der Waals surface area contributed by atoms with Crippen molar-refractivity contribution < 1.29 is 22.4 Å². The van der Waals surface area contributed by atoms with Crippen molar-refractivity contribution in [3.8, 4) is 0 Å². The van der Waals surface area contributed by atoms with Crippen molar-refractivity contribution in [2.75, 3.05) is 10.8 Å². The number of anilines is 1. The van der Waals surface area contributed by atoms with Crippen molar-refractivity contribution in [2.24, 2.45) is 0 Å². The van der Waals surface area contributed by atoms with E-state index >= 15 is 4.39 Å². The minimum Gasteiger partial charge on any atom is -0.352 e. The molecular weight excluding hydrogens is 637 g/mol. The topological polar surface area (TPSA) is 86.8 Å². The van der Waals surface area contributed by atoms with Crippen LogP contribution in [0.2, 0.25) is 5.02 Å². The van der Waals surface area contributed by atoms with E-state index < -0.39 is 34.3 Å². The van der Waals surface area contributed by atoms with E-state index in [1.54, 1.807) is 36.4 Å². The number of sulfonamides is 1. The van der Waals surface area contributed by atoms with Crippen molar-refractivity contribution in [2.45, 2.75) is 69.0 Å². The molecule has 47 heavy (non-hydrogen) atoms. The molecule has 1 aliphatic carbocycles. The van der Waals surface area contributed by atoms with E-state index in [4.69, 9.17) is 11.6 Å². The molecule has 0 heterocycles. The van der Waals surface area contributed by atoms with E-state index in [0.29, 0.717) is 10.6 Å². The SMILES string of the molecule is Cc1ccc(S(=O)(=O)N(CC(=O)N(Cc2ccccc2Cl)[C@H](Cc2ccccc2)C(=O)NC2CCCCC2)c2ccccc2F)cc1. The monoisotopic (exact) mass is 675 g/mol. The highest BCUT2D eigenvalue weighted by Crippen LogP contribution is 2.28. The first-order valence-corrected chi connectivity index (χ1v) is 17.7. The summed E-state index contributed by atoms with van der Waals surface area (Å²) in [5.41, 5.74) is 1.98. The zero-order chi connectivity index (χ0) is 33.4. The molecule has 0 unspecified atom stereocenters. The van der Waals surface area contributed by atoms with Crippen LogP contribution in [0.3, 0.4) is 0 Å². The maximum atomic E-state index is 15.3. The van der Waals surface area contributed by atoms with E-state index in [9.17, 15) is 18.0 Å². The number of nitrogens with one attached hydrogen (secondary N) is 1. The van der Waals surface area contributed by atoms with Crippen LogP contribution in [0.4, 0.5) is 10.1 Å². The van der Waals surface area contributed by atoms with Crippen LogP contribution in [0.15, 0.2) is 108 Å². The second-order valence-corrected chi connectivity index (χ2v) is 14.2. The van der Waals surface area contributed by atoms with Gasteiger partial charge in [0, 0.05) is 24.0 Å². The van der Waals surface area contributed by atoms with Crippen LogP contribution in [-0.4, -0.2) is 43.8 Å². The molecule has 10 heteroatoms. The molecule has 0 aromatic heterocycles. The van der Waals surface area contributed by atoms with Crippen molar-refractivity contribution in [3.63, 3.8) is 0 Å². The molecule has 246 valence electrons. The molecule has 2 amide bonds. The zero-order valence-corrected chi connectivity index (χ0v) is 27.9. The molecule has 0 bridgehead atoms. The predicted molar refractivity (Wildman–Crippen MR) is 183 cm³/mol. The lowest BCUT2D eigenvalue weighted by atomic mass is 9.94. The first-order chi connectivity index (χ1) is 22.6. The minimum absolute atomic E-state index is 0.0244. The van der Waals surface area contributed by atoms with Crippen molar-refractivity contribution >= 4 is 39.1 Å². The Labute approximate surface area is 281 Å². The largest absolute Gasteiger partial charge is 0.352 e. The van der Waals surface area contributed by atoms with Gasteiger partial charge in [0.05, 0.1) is 10.6 Å². The van der Waals surface area contributed by atoms with Gasteiger partial charge in [-0.1, -0.05) is 109 Å². The Balaban J connectivity index is 1.58. The van der Waals surface area contributed by atoms with Gasteiger partial charge >= 0.3 is 0 Å². The average Bonchev–Trinajstić information content (AvgIpc) is 3.07. The fourth-order valence-electron chi connectivity index (χ4n) is 5.91. The van der Waals surface area contributed by atoms with Gasteiger partial charge in [0.15, 0.2) is 0 Å². The molecule has 1 N–H and O–H groups in total. The van der Waals surface area contributed by atoms with Crippen LogP contribution in [-0.2, 0) is 32.6 Å². The average molecular weight is 676 g/mol. The summed E-state index contributed by atoms with van der Waals surface area (Å²) in [7, 11) is -4.41. The Morgan fingerprint density at radius 3 is 2.19 bits per heavy atom. The van der Waals surface area contributed by atoms with E-state index in [2.05, 4.69) is 5.32 Å². The van der Waals surface area contributed by atoms with Crippen LogP contribution in [0.25, 0.3) is 0 Å². The highest BCUT2D eigenvalue weighted by molar-refractivity contribution is 7.92. The summed E-state index contributed by atoms with van der Waals surface area (Å²) in [6, 6.07) is 26.9. The Morgan fingerprint density at radius 2 is 1.51 bits per heavy atom. The van der Waals surface area contributed by atoms with Crippen molar-refractivity contribution in [1.29, 1.82) is 0 Å². The Bertz CT molecular complexity index is 1780. The number of amides is 2. The molecule has 0 radical (unpaired) electrons. The first kappa shape index (κ1) is 34.1. The molecule has 0 saturated heterocycles. The van der Waals surface area contributed by atoms with Gasteiger partial charge < -0.3 is 10.2 Å². The Morgan fingerprint density at radius 1 is 0.872 bits per heavy atom. The van der Waals surface area contributed by atoms with Crippen molar-refractivity contribution in [3.05, 3.63) is 131 Å². The minimum atomic E-state index is -4.41. The predicted octanol–water partition coefficient (Wildman–Crippen LogP) is 7.07. The van der Waals surface area contributed by atoms with Gasteiger partial charge in [-0.3, -0.25) is 13.9 Å². The number of aryl methyl sites for hydroxylation is 1. The van der Waals surface area contributed by atoms with Gasteiger partial charge in [-0.05, 0) is 61.2 Å². The number of para-hydroxylation sites is 1. The van der Waals surface area contributed by atoms with Gasteiger partial charge in [0.1, 0.15) is 18.4 Å². The van der Waals surface area contributed by atoms with E-state index in [0.717, 1.165) is 53.6 Å². The second-order valence-electron chi connectivity index (χ2n) is 11.9. The highest BCUT2D eigenvalue weighted by atomic mass is 35.5. The molecule has 1 aliphatic rings. The van der Waals surface area contributed by atoms with Crippen LogP contribution in [0.1, 0.15) is 48.8 Å². The number of rotatable bonds is 12. The standard InChI is InChI=1S/C37H39ClFN3O4S/c1-27-20-22-31(23-21-27)47(45,46)42(34-19-11-10-18-33(34)39)26-36(43)41(25-29-14-8-9-17-32(29)38)35(24-28-12-4-2-5-13-28)37(44)40-30-15-6-3-7-16-30/h2,4-5,8-14,17-23,30,35H,3,6-7,15-16,24-26H2,1H3,(H,40,44)/t35-/m1/s1. The number of hydrogen-bond donors (Lipinski definition) is 1. The fraction of sp³-hybridized carbons (Fsp3) is 0.297. The molecule has 1 fully saturated rings. The fourth-order valence-corrected chi connectivity index (χ4v) is 7.53. The highest BCUT2D eigenvalue weighted by Gasteiger charge is 2.36. The van der Waals surface area contributed by atoms with Gasteiger partial charge in [-0.25, -0.2) is 12.8 Å². The first-order valence-electron chi connectivity index (χ1n) is 15.8. The second kappa shape index (κ2) is 15.6. The number of benzene rings is 4. The van der Waals surface area contributed by atoms with Gasteiger partial charge in [-0.2, -0.15) is 0 Å². The third-order valence-electron chi connectivity index (χ3n) is 8.53. The smallest absolute Gasteiger partial charge is 0.264 e. The molecule has 1 saturated carbocycles. The number of hydrogen-bond acceptors (Lipinski definition) is 4. The van der Waals surface area contributed by atoms with Crippen LogP contribution in [0, 0.1) is 12.7 Å². The van der Waals surface area contributed by atoms with Gasteiger partial charge in [-0.15, -0.1) is 0 Å². The Kier molecular flexibility index (Phi) is 11.3. The molecule has 4 aromatic carbocycles. The lowest BCUT2D eigenvalue weighted by Gasteiger charge is -2.35. The summed E-state index contributed by atoms with van der Waals surface area (Å²) in [5.74, 6) is -1.81. The molecule has 7 nitrogen and oxygen atoms in total. The molecule has 4 aromatic rings. The van der Waals surface area contributed by atoms with E-state index in [1.165, 1.54) is 35.2 Å². The number of halogens is 2. The summed E-state index contributed by atoms with van der Waals surface area (Å²) in [6.07, 6.45) is 4.99. The summed E-state index contributed by atoms with van der Waals surface area (Å²) < 4.78 is 44.3. The molecule has 5 rings (SSSR count). The van der Waals surface area contributed by atoms with Crippen LogP contribution < -0.4 is 9.62 Å². The van der Waals surface area contributed by atoms with Crippen LogP contribution in [0.5, 0.6) is 0 Å². The summed E-state index contributed by atoms with van der Waals surface area (Å²) in [4.78, 5) is 30.0. The lowest BCUT2D eigenvalue weighted by molar-refractivity contribution is -0.140. The number of nitrogens with zero attached hydrogens (tertiary/aromatic N) is 2. The number of carbonyl (C=O) groups is 2. The lowest BCUT2D eigenvalue weighted by Crippen LogP contribution is -2.55. The maximum absolute atomic E-state index is 15.3. The normalized spacial score (nSPS) is 14.3. The summed E-state index contributed by atoms with van der Waals surface area (Å²) in [6.45, 7) is 1.01. The van der Waals surface area contributed by atoms with Gasteiger partial charge in [0.25, 0.3) is 10.0 Å². The van der Waals surface area contributed by atoms with Gasteiger partial charge in [0.2, 0.25) is 11.8 Å². The summed E-state index contributed by atoms with van der Waals surface area (Å²) in [5, 5.41) is 3.57. The third-order valence-corrected chi connectivity index (χ3v) is 10.7. The summed E-state index contributed by atoms with van der Waals surface area (Å²) >= 11 is 6.57. The van der Waals surface area contributed by atoms with E-state index in [1.807, 2.05) is 37.3 Å². The number of carbonyl (C=O) groups excluding carboxylic acids is 2. The molecule has 0 spiro atoms. The van der Waals surface area contributed by atoms with E-state index in [-0.39, 0.29) is 35.5 Å². The van der Waals surface area contributed by atoms with Crippen LogP contribution >= 0.6 is 11.6 Å².